The number of rotatable bonds is 3. The van der Waals surface area contributed by atoms with E-state index in [4.69, 9.17) is 0 Å². The number of carbonyl (C=O) groups excluding carboxylic acids is 1. The van der Waals surface area contributed by atoms with Crippen molar-refractivity contribution >= 4 is 33.5 Å². The summed E-state index contributed by atoms with van der Waals surface area (Å²) in [5.74, 6) is 0.0606. The van der Waals surface area contributed by atoms with Crippen molar-refractivity contribution in [3.05, 3.63) is 40.6 Å². The van der Waals surface area contributed by atoms with Crippen LogP contribution in [0.3, 0.4) is 0 Å². The van der Waals surface area contributed by atoms with Crippen LogP contribution in [0.4, 0.5) is 0 Å². The maximum absolute atomic E-state index is 11.3. The summed E-state index contributed by atoms with van der Waals surface area (Å²) in [6, 6.07) is 5.70. The molecule has 0 aliphatic carbocycles. The number of hydrogen-bond donors (Lipinski definition) is 0. The predicted octanol–water partition coefficient (Wildman–Crippen LogP) is 3.54. The highest BCUT2D eigenvalue weighted by Crippen LogP contribution is 2.29. The van der Waals surface area contributed by atoms with Gasteiger partial charge in [0.2, 0.25) is 0 Å². The zero-order valence-corrected chi connectivity index (χ0v) is 11.9. The Bertz CT molecular complexity index is 565. The van der Waals surface area contributed by atoms with Gasteiger partial charge in [-0.3, -0.25) is 4.79 Å². The van der Waals surface area contributed by atoms with Crippen molar-refractivity contribution in [2.75, 3.05) is 0 Å². The van der Waals surface area contributed by atoms with Gasteiger partial charge in [-0.1, -0.05) is 27.7 Å². The number of aromatic nitrogens is 2. The number of aryl methyl sites for hydroxylation is 1. The highest BCUT2D eigenvalue weighted by Gasteiger charge is 2.08. The number of halogens is 1. The van der Waals surface area contributed by atoms with Crippen LogP contribution in [-0.2, 0) is 7.05 Å². The molecule has 0 spiro atoms. The summed E-state index contributed by atoms with van der Waals surface area (Å²) >= 11 is 4.97. The van der Waals surface area contributed by atoms with Crippen LogP contribution in [0.2, 0.25) is 0 Å². The van der Waals surface area contributed by atoms with Crippen molar-refractivity contribution in [3.8, 4) is 0 Å². The van der Waals surface area contributed by atoms with Gasteiger partial charge in [-0.25, -0.2) is 4.98 Å². The van der Waals surface area contributed by atoms with Gasteiger partial charge in [0, 0.05) is 34.4 Å². The molecule has 88 valence electrons. The summed E-state index contributed by atoms with van der Waals surface area (Å²) in [7, 11) is 1.95. The zero-order valence-electron chi connectivity index (χ0n) is 9.48. The summed E-state index contributed by atoms with van der Waals surface area (Å²) in [6.45, 7) is 1.56. The topological polar surface area (TPSA) is 34.9 Å². The largest absolute Gasteiger partial charge is 0.329 e. The van der Waals surface area contributed by atoms with Crippen LogP contribution in [0.25, 0.3) is 0 Å². The summed E-state index contributed by atoms with van der Waals surface area (Å²) in [6.07, 6.45) is 3.67. The van der Waals surface area contributed by atoms with Crippen molar-refractivity contribution in [2.45, 2.75) is 17.0 Å². The summed E-state index contributed by atoms with van der Waals surface area (Å²) in [4.78, 5) is 16.6. The molecule has 0 aliphatic heterocycles. The van der Waals surface area contributed by atoms with Gasteiger partial charge in [0.1, 0.15) is 0 Å². The average Bonchev–Trinajstić information content (AvgIpc) is 2.64. The van der Waals surface area contributed by atoms with Gasteiger partial charge in [-0.15, -0.1) is 0 Å². The third-order valence-electron chi connectivity index (χ3n) is 2.31. The second-order valence-corrected chi connectivity index (χ2v) is 5.52. The molecule has 0 atom stereocenters. The molecule has 1 heterocycles. The zero-order chi connectivity index (χ0) is 12.4. The molecule has 1 aromatic heterocycles. The van der Waals surface area contributed by atoms with Gasteiger partial charge in [0.15, 0.2) is 10.9 Å². The molecule has 2 aromatic rings. The summed E-state index contributed by atoms with van der Waals surface area (Å²) in [5, 5.41) is 0.924. The fraction of sp³-hybridized carbons (Fsp3) is 0.167. The predicted molar refractivity (Wildman–Crippen MR) is 71.5 cm³/mol. The van der Waals surface area contributed by atoms with E-state index in [1.165, 1.54) is 0 Å². The molecule has 1 aromatic carbocycles. The van der Waals surface area contributed by atoms with E-state index in [-0.39, 0.29) is 5.78 Å². The van der Waals surface area contributed by atoms with Crippen LogP contribution in [0.15, 0.2) is 45.1 Å². The first-order valence-corrected chi connectivity index (χ1v) is 6.64. The van der Waals surface area contributed by atoms with Crippen LogP contribution in [-0.4, -0.2) is 15.3 Å². The molecule has 0 radical (unpaired) electrons. The van der Waals surface area contributed by atoms with E-state index in [0.29, 0.717) is 5.56 Å². The van der Waals surface area contributed by atoms with E-state index in [2.05, 4.69) is 20.9 Å². The fourth-order valence-corrected chi connectivity index (χ4v) is 3.05. The van der Waals surface area contributed by atoms with Crippen molar-refractivity contribution in [2.24, 2.45) is 7.05 Å². The van der Waals surface area contributed by atoms with Crippen LogP contribution in [0.5, 0.6) is 0 Å². The first-order chi connectivity index (χ1) is 8.08. The molecule has 0 amide bonds. The van der Waals surface area contributed by atoms with E-state index in [9.17, 15) is 4.79 Å². The van der Waals surface area contributed by atoms with Crippen LogP contribution < -0.4 is 0 Å². The Morgan fingerprint density at radius 1 is 1.47 bits per heavy atom. The lowest BCUT2D eigenvalue weighted by Crippen LogP contribution is -1.94. The van der Waals surface area contributed by atoms with Gasteiger partial charge in [0.05, 0.1) is 0 Å². The lowest BCUT2D eigenvalue weighted by Gasteiger charge is -2.04. The molecular formula is C12H11BrN2OS. The van der Waals surface area contributed by atoms with Crippen molar-refractivity contribution in [3.63, 3.8) is 0 Å². The second-order valence-electron chi connectivity index (χ2n) is 3.62. The first kappa shape index (κ1) is 12.4. The standard InChI is InChI=1S/C12H11BrN2OS/c1-8(16)10-4-3-9(7-11(10)13)17-12-14-5-6-15(12)2/h3-7H,1-2H3. The minimum Gasteiger partial charge on any atom is -0.329 e. The third kappa shape index (κ3) is 2.79. The van der Waals surface area contributed by atoms with Crippen molar-refractivity contribution in [1.29, 1.82) is 0 Å². The Hall–Kier alpha value is -1.07. The van der Waals surface area contributed by atoms with Crippen LogP contribution in [0, 0.1) is 0 Å². The maximum Gasteiger partial charge on any atom is 0.172 e. The molecule has 0 saturated carbocycles. The molecule has 0 fully saturated rings. The molecule has 5 heteroatoms. The lowest BCUT2D eigenvalue weighted by atomic mass is 10.2. The van der Waals surface area contributed by atoms with Gasteiger partial charge >= 0.3 is 0 Å². The molecule has 0 unspecified atom stereocenters. The Morgan fingerprint density at radius 2 is 2.24 bits per heavy atom. The SMILES string of the molecule is CC(=O)c1ccc(Sc2nccn2C)cc1Br. The number of carbonyl (C=O) groups is 1. The number of nitrogens with zero attached hydrogens (tertiary/aromatic N) is 2. The highest BCUT2D eigenvalue weighted by atomic mass is 79.9. The molecule has 3 nitrogen and oxygen atoms in total. The average molecular weight is 311 g/mol. The van der Waals surface area contributed by atoms with E-state index in [1.807, 2.05) is 36.0 Å². The van der Waals surface area contributed by atoms with E-state index >= 15 is 0 Å². The molecule has 2 rings (SSSR count). The Balaban J connectivity index is 2.27. The molecule has 0 saturated heterocycles. The molecule has 0 aliphatic rings. The van der Waals surface area contributed by atoms with Gasteiger partial charge in [0.25, 0.3) is 0 Å². The Kier molecular flexibility index (Phi) is 3.69. The quantitative estimate of drug-likeness (QED) is 0.813. The number of hydrogen-bond acceptors (Lipinski definition) is 3. The molecule has 17 heavy (non-hydrogen) atoms. The van der Waals surface area contributed by atoms with Gasteiger partial charge < -0.3 is 4.57 Å². The minimum atomic E-state index is 0.0606. The molecular weight excluding hydrogens is 300 g/mol. The maximum atomic E-state index is 11.3. The van der Waals surface area contributed by atoms with Gasteiger partial charge in [-0.05, 0) is 25.1 Å². The molecule has 0 bridgehead atoms. The number of benzene rings is 1. The van der Waals surface area contributed by atoms with Crippen molar-refractivity contribution < 1.29 is 4.79 Å². The molecule has 0 N–H and O–H groups in total. The highest BCUT2D eigenvalue weighted by molar-refractivity contribution is 9.10. The second kappa shape index (κ2) is 5.06. The lowest BCUT2D eigenvalue weighted by molar-refractivity contribution is 0.101. The third-order valence-corrected chi connectivity index (χ3v) is 4.03. The number of Topliss-reactive ketones (excluding diaryl/α,β-unsaturated/α-hetero) is 1. The minimum absolute atomic E-state index is 0.0606. The first-order valence-electron chi connectivity index (χ1n) is 5.03. The monoisotopic (exact) mass is 310 g/mol. The van der Waals surface area contributed by atoms with Crippen molar-refractivity contribution in [1.82, 2.24) is 9.55 Å². The van der Waals surface area contributed by atoms with Crippen LogP contribution >= 0.6 is 27.7 Å². The Morgan fingerprint density at radius 3 is 2.76 bits per heavy atom. The summed E-state index contributed by atoms with van der Waals surface area (Å²) in [5.41, 5.74) is 0.703. The van der Waals surface area contributed by atoms with Crippen LogP contribution in [0.1, 0.15) is 17.3 Å². The van der Waals surface area contributed by atoms with E-state index < -0.39 is 0 Å². The smallest absolute Gasteiger partial charge is 0.172 e. The normalized spacial score (nSPS) is 10.5. The number of imidazole rings is 1. The van der Waals surface area contributed by atoms with E-state index in [1.54, 1.807) is 24.9 Å². The van der Waals surface area contributed by atoms with E-state index in [0.717, 1.165) is 14.5 Å². The van der Waals surface area contributed by atoms with Gasteiger partial charge in [-0.2, -0.15) is 0 Å². The summed E-state index contributed by atoms with van der Waals surface area (Å²) < 4.78 is 2.78. The Labute approximate surface area is 112 Å². The number of ketones is 1. The fourth-order valence-electron chi connectivity index (χ4n) is 1.40.